The first-order valence-corrected chi connectivity index (χ1v) is 8.66. The molecule has 0 aliphatic carbocycles. The van der Waals surface area contributed by atoms with Gasteiger partial charge in [0.15, 0.2) is 0 Å². The number of hydrogen-bond donors (Lipinski definition) is 1. The number of benzene rings is 1. The van der Waals surface area contributed by atoms with Gasteiger partial charge in [-0.1, -0.05) is 0 Å². The lowest BCUT2D eigenvalue weighted by atomic mass is 10.2. The Morgan fingerprint density at radius 2 is 2.05 bits per heavy atom. The Kier molecular flexibility index (Phi) is 4.37. The molecule has 2 rings (SSSR count). The first-order valence-electron chi connectivity index (χ1n) is 6.06. The first kappa shape index (κ1) is 14.6. The lowest BCUT2D eigenvalue weighted by Crippen LogP contribution is -2.33. The summed E-state index contributed by atoms with van der Waals surface area (Å²) in [6.45, 7) is 2.37. The third-order valence-corrected chi connectivity index (χ3v) is 5.99. The van der Waals surface area contributed by atoms with E-state index in [1.54, 1.807) is 11.8 Å². The molecule has 0 aromatic heterocycles. The number of sulfonamides is 1. The van der Waals surface area contributed by atoms with Crippen LogP contribution in [0.2, 0.25) is 0 Å². The Bertz CT molecular complexity index is 567. The molecular weight excluding hydrogens is 287 g/mol. The van der Waals surface area contributed by atoms with Gasteiger partial charge in [0.25, 0.3) is 0 Å². The molecule has 1 aliphatic rings. The van der Waals surface area contributed by atoms with Crippen LogP contribution in [0.3, 0.4) is 0 Å². The van der Waals surface area contributed by atoms with Crippen molar-refractivity contribution in [1.29, 1.82) is 0 Å². The average molecular weight is 304 g/mol. The van der Waals surface area contributed by atoms with Crippen LogP contribution in [-0.4, -0.2) is 37.3 Å². The van der Waals surface area contributed by atoms with Gasteiger partial charge in [0.05, 0.1) is 0 Å². The summed E-state index contributed by atoms with van der Waals surface area (Å²) in [6.07, 6.45) is 0.785. The van der Waals surface area contributed by atoms with Crippen molar-refractivity contribution < 1.29 is 12.8 Å². The van der Waals surface area contributed by atoms with Crippen molar-refractivity contribution >= 4 is 27.5 Å². The highest BCUT2D eigenvalue weighted by molar-refractivity contribution is 7.99. The van der Waals surface area contributed by atoms with Crippen molar-refractivity contribution in [2.24, 2.45) is 0 Å². The number of nitrogens with two attached hydrogens (primary N) is 1. The fourth-order valence-electron chi connectivity index (χ4n) is 2.05. The molecule has 0 unspecified atom stereocenters. The normalized spacial score (nSPS) is 18.2. The fraction of sp³-hybridized carbons (Fsp3) is 0.500. The maximum Gasteiger partial charge on any atom is 0.246 e. The molecule has 0 saturated carbocycles. The van der Waals surface area contributed by atoms with Gasteiger partial charge in [-0.2, -0.15) is 16.1 Å². The van der Waals surface area contributed by atoms with Crippen molar-refractivity contribution in [2.45, 2.75) is 18.2 Å². The zero-order valence-electron chi connectivity index (χ0n) is 10.7. The van der Waals surface area contributed by atoms with E-state index in [0.29, 0.717) is 13.1 Å². The predicted molar refractivity (Wildman–Crippen MR) is 76.3 cm³/mol. The van der Waals surface area contributed by atoms with Crippen LogP contribution < -0.4 is 5.73 Å². The number of anilines is 1. The minimum atomic E-state index is -3.80. The third-order valence-electron chi connectivity index (χ3n) is 3.04. The van der Waals surface area contributed by atoms with Gasteiger partial charge in [0.1, 0.15) is 10.7 Å². The van der Waals surface area contributed by atoms with E-state index in [9.17, 15) is 12.8 Å². The van der Waals surface area contributed by atoms with Gasteiger partial charge >= 0.3 is 0 Å². The van der Waals surface area contributed by atoms with Gasteiger partial charge in [0.2, 0.25) is 10.0 Å². The van der Waals surface area contributed by atoms with Gasteiger partial charge in [-0.15, -0.1) is 0 Å². The minimum Gasteiger partial charge on any atom is -0.399 e. The molecule has 1 aromatic rings. The van der Waals surface area contributed by atoms with Gasteiger partial charge < -0.3 is 5.73 Å². The number of nitrogens with zero attached hydrogens (tertiary/aromatic N) is 1. The zero-order chi connectivity index (χ0) is 14.0. The van der Waals surface area contributed by atoms with E-state index in [0.717, 1.165) is 17.9 Å². The summed E-state index contributed by atoms with van der Waals surface area (Å²) in [5, 5.41) is 0. The molecule has 1 fully saturated rings. The first-order chi connectivity index (χ1) is 8.93. The van der Waals surface area contributed by atoms with Crippen LogP contribution in [0.4, 0.5) is 10.1 Å². The zero-order valence-corrected chi connectivity index (χ0v) is 12.4. The summed E-state index contributed by atoms with van der Waals surface area (Å²) >= 11 is 1.72. The number of aryl methyl sites for hydroxylation is 1. The summed E-state index contributed by atoms with van der Waals surface area (Å²) in [6, 6.07) is 2.64. The molecule has 1 heterocycles. The molecule has 0 bridgehead atoms. The van der Waals surface area contributed by atoms with E-state index in [1.807, 2.05) is 0 Å². The van der Waals surface area contributed by atoms with Crippen LogP contribution in [0.15, 0.2) is 17.0 Å². The summed E-state index contributed by atoms with van der Waals surface area (Å²) in [5.74, 6) is 0.971. The Hall–Kier alpha value is -0.790. The molecule has 1 saturated heterocycles. The summed E-state index contributed by atoms with van der Waals surface area (Å²) < 4.78 is 40.4. The largest absolute Gasteiger partial charge is 0.399 e. The molecule has 7 heteroatoms. The molecule has 1 aromatic carbocycles. The van der Waals surface area contributed by atoms with E-state index in [-0.39, 0.29) is 16.1 Å². The monoisotopic (exact) mass is 304 g/mol. The molecule has 0 amide bonds. The SMILES string of the molecule is Cc1cc(N)cc(S(=O)(=O)N2CCCSCC2)c1F. The highest BCUT2D eigenvalue weighted by Gasteiger charge is 2.29. The lowest BCUT2D eigenvalue weighted by molar-refractivity contribution is 0.430. The molecule has 1 aliphatic heterocycles. The maximum absolute atomic E-state index is 14.1. The van der Waals surface area contributed by atoms with E-state index < -0.39 is 15.8 Å². The van der Waals surface area contributed by atoms with Crippen molar-refractivity contribution in [3.8, 4) is 0 Å². The predicted octanol–water partition coefficient (Wildman–Crippen LogP) is 1.84. The standard InChI is InChI=1S/C12H17FN2O2S2/c1-9-7-10(14)8-11(12(9)13)19(16,17)15-3-2-5-18-6-4-15/h7-8H,2-6,14H2,1H3. The Morgan fingerprint density at radius 3 is 2.79 bits per heavy atom. The van der Waals surface area contributed by atoms with Gasteiger partial charge in [0, 0.05) is 24.5 Å². The number of nitrogen functional groups attached to an aromatic ring is 1. The highest BCUT2D eigenvalue weighted by Crippen LogP contribution is 2.26. The Labute approximate surface area is 117 Å². The Morgan fingerprint density at radius 1 is 1.32 bits per heavy atom. The van der Waals surface area contributed by atoms with Crippen LogP contribution in [0, 0.1) is 12.7 Å². The third kappa shape index (κ3) is 3.04. The van der Waals surface area contributed by atoms with Gasteiger partial charge in [-0.05, 0) is 36.8 Å². The van der Waals surface area contributed by atoms with E-state index >= 15 is 0 Å². The van der Waals surface area contributed by atoms with Crippen molar-refractivity contribution in [3.05, 3.63) is 23.5 Å². The topological polar surface area (TPSA) is 63.4 Å². The van der Waals surface area contributed by atoms with E-state index in [1.165, 1.54) is 23.4 Å². The number of thioether (sulfide) groups is 1. The fourth-order valence-corrected chi connectivity index (χ4v) is 4.71. The van der Waals surface area contributed by atoms with Gasteiger partial charge in [-0.3, -0.25) is 0 Å². The van der Waals surface area contributed by atoms with Crippen molar-refractivity contribution in [1.82, 2.24) is 4.31 Å². The number of halogens is 1. The summed E-state index contributed by atoms with van der Waals surface area (Å²) in [7, 11) is -3.80. The second-order valence-electron chi connectivity index (χ2n) is 4.52. The Balaban J connectivity index is 2.44. The molecule has 0 spiro atoms. The number of rotatable bonds is 2. The molecular formula is C12H17FN2O2S2. The molecule has 106 valence electrons. The van der Waals surface area contributed by atoms with E-state index in [4.69, 9.17) is 5.73 Å². The maximum atomic E-state index is 14.1. The molecule has 19 heavy (non-hydrogen) atoms. The second kappa shape index (κ2) is 5.68. The number of hydrogen-bond acceptors (Lipinski definition) is 4. The smallest absolute Gasteiger partial charge is 0.246 e. The lowest BCUT2D eigenvalue weighted by Gasteiger charge is -2.20. The molecule has 0 radical (unpaired) electrons. The van der Waals surface area contributed by atoms with Crippen LogP contribution in [0.5, 0.6) is 0 Å². The summed E-state index contributed by atoms with van der Waals surface area (Å²) in [5.41, 5.74) is 6.15. The molecule has 2 N–H and O–H groups in total. The van der Waals surface area contributed by atoms with Crippen LogP contribution in [0.25, 0.3) is 0 Å². The van der Waals surface area contributed by atoms with Crippen molar-refractivity contribution in [2.75, 3.05) is 30.3 Å². The van der Waals surface area contributed by atoms with Crippen LogP contribution >= 0.6 is 11.8 Å². The van der Waals surface area contributed by atoms with Crippen molar-refractivity contribution in [3.63, 3.8) is 0 Å². The second-order valence-corrected chi connectivity index (χ2v) is 7.65. The molecule has 4 nitrogen and oxygen atoms in total. The summed E-state index contributed by atoms with van der Waals surface area (Å²) in [4.78, 5) is -0.308. The molecule has 0 atom stereocenters. The van der Waals surface area contributed by atoms with E-state index in [2.05, 4.69) is 0 Å². The highest BCUT2D eigenvalue weighted by atomic mass is 32.2. The van der Waals surface area contributed by atoms with Crippen LogP contribution in [-0.2, 0) is 10.0 Å². The average Bonchev–Trinajstić information content (AvgIpc) is 2.62. The minimum absolute atomic E-state index is 0.253. The van der Waals surface area contributed by atoms with Crippen LogP contribution in [0.1, 0.15) is 12.0 Å². The van der Waals surface area contributed by atoms with Gasteiger partial charge in [-0.25, -0.2) is 12.8 Å². The quantitative estimate of drug-likeness (QED) is 0.847.